The molecule has 2 atom stereocenters. The molecule has 0 N–H and O–H groups in total. The Morgan fingerprint density at radius 3 is 2.61 bits per heavy atom. The molecule has 1 fully saturated rings. The summed E-state index contributed by atoms with van der Waals surface area (Å²) in [4.78, 5) is -0.271. The molecule has 0 amide bonds. The van der Waals surface area contributed by atoms with E-state index in [9.17, 15) is 8.42 Å². The first kappa shape index (κ1) is 14.6. The summed E-state index contributed by atoms with van der Waals surface area (Å²) >= 11 is 15.5. The van der Waals surface area contributed by atoms with Crippen molar-refractivity contribution in [2.45, 2.75) is 29.3 Å². The summed E-state index contributed by atoms with van der Waals surface area (Å²) in [5.74, 6) is 0.269. The Labute approximate surface area is 126 Å². The summed E-state index contributed by atoms with van der Waals surface area (Å²) in [5.41, 5.74) is 0.788. The number of alkyl halides is 1. The van der Waals surface area contributed by atoms with E-state index in [4.69, 9.17) is 23.2 Å². The van der Waals surface area contributed by atoms with Gasteiger partial charge in [0.15, 0.2) is 9.84 Å². The van der Waals surface area contributed by atoms with Crippen LogP contribution in [0.1, 0.15) is 29.7 Å². The van der Waals surface area contributed by atoms with E-state index >= 15 is 0 Å². The molecule has 0 bridgehead atoms. The largest absolute Gasteiger partial charge is 0.228 e. The van der Waals surface area contributed by atoms with Gasteiger partial charge in [-0.05, 0) is 30.5 Å². The number of benzene rings is 1. The van der Waals surface area contributed by atoms with Gasteiger partial charge in [0.2, 0.25) is 0 Å². The van der Waals surface area contributed by atoms with Crippen LogP contribution in [0.3, 0.4) is 0 Å². The summed E-state index contributed by atoms with van der Waals surface area (Å²) in [6.07, 6.45) is 2.38. The van der Waals surface area contributed by atoms with Crippen molar-refractivity contribution < 1.29 is 8.42 Å². The predicted octanol–water partition coefficient (Wildman–Crippen LogP) is 4.40. The van der Waals surface area contributed by atoms with Gasteiger partial charge in [-0.15, -0.1) is 0 Å². The molecule has 2 rings (SSSR count). The van der Waals surface area contributed by atoms with Gasteiger partial charge < -0.3 is 0 Å². The second kappa shape index (κ2) is 5.70. The fourth-order valence-corrected chi connectivity index (χ4v) is 6.49. The Kier molecular flexibility index (Phi) is 4.63. The van der Waals surface area contributed by atoms with Crippen LogP contribution in [0.4, 0.5) is 0 Å². The summed E-state index contributed by atoms with van der Waals surface area (Å²) in [6, 6.07) is 5.16. The number of halogens is 3. The molecule has 100 valence electrons. The van der Waals surface area contributed by atoms with Gasteiger partial charge in [-0.3, -0.25) is 0 Å². The number of hydrogen-bond acceptors (Lipinski definition) is 2. The van der Waals surface area contributed by atoms with Crippen molar-refractivity contribution >= 4 is 49.0 Å². The monoisotopic (exact) mass is 370 g/mol. The van der Waals surface area contributed by atoms with Crippen LogP contribution in [0.25, 0.3) is 0 Å². The molecule has 18 heavy (non-hydrogen) atoms. The third-order valence-corrected chi connectivity index (χ3v) is 7.55. The maximum absolute atomic E-state index is 12.1. The van der Waals surface area contributed by atoms with Crippen molar-refractivity contribution in [1.82, 2.24) is 0 Å². The Balaban J connectivity index is 2.33. The fourth-order valence-electron chi connectivity index (χ4n) is 2.23. The van der Waals surface area contributed by atoms with E-state index in [-0.39, 0.29) is 10.6 Å². The molecular weight excluding hydrogens is 359 g/mol. The first-order chi connectivity index (χ1) is 8.42. The highest BCUT2D eigenvalue weighted by Crippen LogP contribution is 2.40. The van der Waals surface area contributed by atoms with Crippen molar-refractivity contribution in [3.63, 3.8) is 0 Å². The molecule has 2 unspecified atom stereocenters. The lowest BCUT2D eigenvalue weighted by Crippen LogP contribution is -2.31. The van der Waals surface area contributed by atoms with E-state index in [0.29, 0.717) is 16.5 Å². The van der Waals surface area contributed by atoms with E-state index in [0.717, 1.165) is 18.4 Å². The van der Waals surface area contributed by atoms with E-state index in [1.165, 1.54) is 0 Å². The summed E-state index contributed by atoms with van der Waals surface area (Å²) in [6.45, 7) is 0. The molecule has 1 aliphatic rings. The van der Waals surface area contributed by atoms with Gasteiger partial charge >= 0.3 is 0 Å². The van der Waals surface area contributed by atoms with Crippen LogP contribution in [-0.2, 0) is 9.84 Å². The van der Waals surface area contributed by atoms with Gasteiger partial charge in [-0.25, -0.2) is 8.42 Å². The van der Waals surface area contributed by atoms with Gasteiger partial charge in [0.25, 0.3) is 0 Å². The highest BCUT2D eigenvalue weighted by molar-refractivity contribution is 9.09. The second-order valence-electron chi connectivity index (χ2n) is 4.47. The number of rotatable bonds is 2. The maximum atomic E-state index is 12.1. The molecule has 0 radical (unpaired) electrons. The Morgan fingerprint density at radius 1 is 1.28 bits per heavy atom. The zero-order valence-electron chi connectivity index (χ0n) is 9.57. The lowest BCUT2D eigenvalue weighted by atomic mass is 10.1. The summed E-state index contributed by atoms with van der Waals surface area (Å²) < 4.78 is 24.2. The normalized spacial score (nSPS) is 24.7. The quantitative estimate of drug-likeness (QED) is 0.722. The average Bonchev–Trinajstić information content (AvgIpc) is 2.27. The van der Waals surface area contributed by atoms with E-state index in [1.807, 2.05) is 0 Å². The first-order valence-electron chi connectivity index (χ1n) is 5.72. The van der Waals surface area contributed by atoms with Crippen molar-refractivity contribution in [1.29, 1.82) is 0 Å². The zero-order valence-corrected chi connectivity index (χ0v) is 13.5. The smallest absolute Gasteiger partial charge is 0.154 e. The molecule has 0 spiro atoms. The third-order valence-electron chi connectivity index (χ3n) is 3.21. The number of sulfone groups is 1. The van der Waals surface area contributed by atoms with Crippen molar-refractivity contribution in [2.24, 2.45) is 0 Å². The second-order valence-corrected chi connectivity index (χ2v) is 8.64. The summed E-state index contributed by atoms with van der Waals surface area (Å²) in [5, 5.41) is 0.657. The average molecular weight is 372 g/mol. The topological polar surface area (TPSA) is 34.1 Å². The molecule has 6 heteroatoms. The van der Waals surface area contributed by atoms with Crippen molar-refractivity contribution in [3.05, 3.63) is 33.8 Å². The highest BCUT2D eigenvalue weighted by Gasteiger charge is 2.35. The number of hydrogen-bond donors (Lipinski definition) is 0. The maximum Gasteiger partial charge on any atom is 0.154 e. The van der Waals surface area contributed by atoms with Gasteiger partial charge in [0.1, 0.15) is 0 Å². The van der Waals surface area contributed by atoms with E-state index in [2.05, 4.69) is 15.9 Å². The van der Waals surface area contributed by atoms with Crippen LogP contribution in [0, 0.1) is 0 Å². The third kappa shape index (κ3) is 3.03. The molecular formula is C12H13BrCl2O2S. The predicted molar refractivity (Wildman–Crippen MR) is 79.6 cm³/mol. The lowest BCUT2D eigenvalue weighted by Gasteiger charge is -2.27. The highest BCUT2D eigenvalue weighted by atomic mass is 79.9. The fraction of sp³-hybridized carbons (Fsp3) is 0.500. The molecule has 1 aromatic rings. The van der Waals surface area contributed by atoms with Crippen molar-refractivity contribution in [3.8, 4) is 0 Å². The minimum atomic E-state index is -3.04. The minimum Gasteiger partial charge on any atom is -0.228 e. The molecule has 1 heterocycles. The van der Waals surface area contributed by atoms with Crippen LogP contribution in [0.2, 0.25) is 10.0 Å². The zero-order chi connectivity index (χ0) is 13.3. The van der Waals surface area contributed by atoms with Crippen LogP contribution in [-0.4, -0.2) is 19.4 Å². The molecule has 0 aromatic heterocycles. The van der Waals surface area contributed by atoms with Crippen LogP contribution >= 0.6 is 39.1 Å². The molecule has 1 aliphatic heterocycles. The standard InChI is InChI=1S/C12H13BrCl2O2S/c13-12(9-5-4-8(14)7-10(9)15)11-3-1-2-6-18(11,16)17/h4-5,7,11-12H,1-3,6H2. The lowest BCUT2D eigenvalue weighted by molar-refractivity contribution is 0.537. The molecule has 2 nitrogen and oxygen atoms in total. The van der Waals surface area contributed by atoms with Crippen LogP contribution in [0.5, 0.6) is 0 Å². The molecule has 0 saturated carbocycles. The van der Waals surface area contributed by atoms with Gasteiger partial charge in [0.05, 0.1) is 15.8 Å². The molecule has 1 saturated heterocycles. The van der Waals surface area contributed by atoms with Crippen molar-refractivity contribution in [2.75, 3.05) is 5.75 Å². The van der Waals surface area contributed by atoms with Gasteiger partial charge in [-0.1, -0.05) is 51.6 Å². The van der Waals surface area contributed by atoms with Crippen LogP contribution in [0.15, 0.2) is 18.2 Å². The summed E-state index contributed by atoms with van der Waals surface area (Å²) in [7, 11) is -3.04. The van der Waals surface area contributed by atoms with Gasteiger partial charge in [0, 0.05) is 10.0 Å². The molecule has 0 aliphatic carbocycles. The van der Waals surface area contributed by atoms with E-state index in [1.54, 1.807) is 18.2 Å². The Morgan fingerprint density at radius 2 is 2.00 bits per heavy atom. The van der Waals surface area contributed by atoms with E-state index < -0.39 is 15.1 Å². The Hall–Kier alpha value is 0.230. The van der Waals surface area contributed by atoms with Gasteiger partial charge in [-0.2, -0.15) is 0 Å². The first-order valence-corrected chi connectivity index (χ1v) is 9.11. The molecule has 1 aromatic carbocycles. The minimum absolute atomic E-state index is 0.269. The SMILES string of the molecule is O=S1(=O)CCCCC1C(Br)c1ccc(Cl)cc1Cl. The Bertz CT molecular complexity index is 545. The van der Waals surface area contributed by atoms with Crippen LogP contribution < -0.4 is 0 Å².